The van der Waals surface area contributed by atoms with Crippen LogP contribution in [0.3, 0.4) is 0 Å². The number of hydrogen-bond donors (Lipinski definition) is 2. The predicted molar refractivity (Wildman–Crippen MR) is 90.0 cm³/mol. The highest BCUT2D eigenvalue weighted by atomic mass is 35.5. The van der Waals surface area contributed by atoms with Gasteiger partial charge in [-0.2, -0.15) is 0 Å². The molecular formula is C15H14ClN3O4S. The molecule has 0 aliphatic heterocycles. The van der Waals surface area contributed by atoms with E-state index in [9.17, 15) is 14.4 Å². The molecule has 0 fully saturated rings. The largest absolute Gasteiger partial charge is 0.451 e. The summed E-state index contributed by atoms with van der Waals surface area (Å²) in [6.45, 7) is 1.22. The van der Waals surface area contributed by atoms with E-state index in [-0.39, 0.29) is 11.6 Å². The Bertz CT molecular complexity index is 745. The van der Waals surface area contributed by atoms with Gasteiger partial charge in [-0.05, 0) is 17.7 Å². The van der Waals surface area contributed by atoms with Gasteiger partial charge in [-0.15, -0.1) is 11.3 Å². The van der Waals surface area contributed by atoms with Crippen molar-refractivity contribution in [3.8, 4) is 0 Å². The van der Waals surface area contributed by atoms with E-state index in [1.165, 1.54) is 12.3 Å². The van der Waals surface area contributed by atoms with Gasteiger partial charge in [-0.3, -0.25) is 9.59 Å². The fourth-order valence-electron chi connectivity index (χ4n) is 1.63. The third-order valence-corrected chi connectivity index (χ3v) is 3.74. The lowest BCUT2D eigenvalue weighted by Crippen LogP contribution is -2.28. The predicted octanol–water partition coefficient (Wildman–Crippen LogP) is 2.23. The Hall–Kier alpha value is -2.45. The average molecular weight is 368 g/mol. The van der Waals surface area contributed by atoms with Gasteiger partial charge in [-0.1, -0.05) is 23.7 Å². The third-order valence-electron chi connectivity index (χ3n) is 2.73. The first-order chi connectivity index (χ1) is 11.4. The summed E-state index contributed by atoms with van der Waals surface area (Å²) in [5, 5.41) is 7.43. The second kappa shape index (κ2) is 8.42. The number of nitrogens with zero attached hydrogens (tertiary/aromatic N) is 1. The highest BCUT2D eigenvalue weighted by molar-refractivity contribution is 7.14. The summed E-state index contributed by atoms with van der Waals surface area (Å²) in [7, 11) is 0. The molecule has 7 nitrogen and oxygen atoms in total. The molecular weight excluding hydrogens is 354 g/mol. The van der Waals surface area contributed by atoms with Gasteiger partial charge < -0.3 is 15.4 Å². The Morgan fingerprint density at radius 1 is 1.25 bits per heavy atom. The molecule has 0 saturated heterocycles. The number of anilines is 1. The first-order valence-corrected chi connectivity index (χ1v) is 8.11. The average Bonchev–Trinajstić information content (AvgIpc) is 3.00. The monoisotopic (exact) mass is 367 g/mol. The summed E-state index contributed by atoms with van der Waals surface area (Å²) < 4.78 is 4.88. The Labute approximate surface area is 147 Å². The van der Waals surface area contributed by atoms with Crippen molar-refractivity contribution in [3.05, 3.63) is 45.9 Å². The number of ether oxygens (including phenoxy) is 1. The summed E-state index contributed by atoms with van der Waals surface area (Å²) in [6, 6.07) is 7.01. The maximum atomic E-state index is 11.8. The molecule has 1 heterocycles. The van der Waals surface area contributed by atoms with Crippen LogP contribution in [-0.2, 0) is 20.9 Å². The molecule has 9 heteroatoms. The lowest BCUT2D eigenvalue weighted by molar-refractivity contribution is -0.124. The number of nitrogens with one attached hydrogen (secondary N) is 2. The topological polar surface area (TPSA) is 97.4 Å². The van der Waals surface area contributed by atoms with E-state index in [2.05, 4.69) is 15.6 Å². The quantitative estimate of drug-likeness (QED) is 0.763. The molecule has 0 unspecified atom stereocenters. The first-order valence-electron chi connectivity index (χ1n) is 6.85. The van der Waals surface area contributed by atoms with Gasteiger partial charge in [0.05, 0.1) is 0 Å². The molecule has 2 N–H and O–H groups in total. The fraction of sp³-hybridized carbons (Fsp3) is 0.200. The Morgan fingerprint density at radius 2 is 1.96 bits per heavy atom. The molecule has 0 aliphatic rings. The van der Waals surface area contributed by atoms with Crippen LogP contribution in [-0.4, -0.2) is 29.4 Å². The summed E-state index contributed by atoms with van der Waals surface area (Å²) in [4.78, 5) is 38.2. The van der Waals surface area contributed by atoms with E-state index in [1.54, 1.807) is 24.3 Å². The van der Waals surface area contributed by atoms with Crippen molar-refractivity contribution < 1.29 is 19.1 Å². The molecule has 0 spiro atoms. The minimum Gasteiger partial charge on any atom is -0.451 e. The minimum absolute atomic E-state index is 0.0363. The Balaban J connectivity index is 1.76. The van der Waals surface area contributed by atoms with Crippen LogP contribution in [0.1, 0.15) is 23.0 Å². The number of rotatable bonds is 6. The summed E-state index contributed by atoms with van der Waals surface area (Å²) in [6.07, 6.45) is 0. The highest BCUT2D eigenvalue weighted by Crippen LogP contribution is 2.15. The molecule has 2 rings (SSSR count). The molecule has 0 radical (unpaired) electrons. The zero-order valence-electron chi connectivity index (χ0n) is 12.7. The van der Waals surface area contributed by atoms with Crippen LogP contribution in [0.15, 0.2) is 29.6 Å². The zero-order chi connectivity index (χ0) is 17.5. The minimum atomic E-state index is -0.732. The van der Waals surface area contributed by atoms with Crippen LogP contribution in [0.2, 0.25) is 5.02 Å². The number of benzene rings is 1. The van der Waals surface area contributed by atoms with Gasteiger partial charge in [-0.25, -0.2) is 9.78 Å². The van der Waals surface area contributed by atoms with Crippen molar-refractivity contribution in [1.29, 1.82) is 0 Å². The van der Waals surface area contributed by atoms with Gasteiger partial charge in [0.15, 0.2) is 17.4 Å². The van der Waals surface area contributed by atoms with E-state index in [4.69, 9.17) is 16.3 Å². The molecule has 1 aromatic carbocycles. The van der Waals surface area contributed by atoms with Crippen molar-refractivity contribution in [3.63, 3.8) is 0 Å². The third kappa shape index (κ3) is 5.64. The van der Waals surface area contributed by atoms with E-state index in [1.807, 2.05) is 0 Å². The van der Waals surface area contributed by atoms with Crippen molar-refractivity contribution in [1.82, 2.24) is 10.3 Å². The maximum Gasteiger partial charge on any atom is 0.358 e. The van der Waals surface area contributed by atoms with E-state index >= 15 is 0 Å². The van der Waals surface area contributed by atoms with Crippen LogP contribution in [0.25, 0.3) is 0 Å². The molecule has 0 aliphatic carbocycles. The number of thiazole rings is 1. The van der Waals surface area contributed by atoms with Crippen LogP contribution in [0.4, 0.5) is 5.13 Å². The molecule has 2 aromatic rings. The number of halogens is 1. The maximum absolute atomic E-state index is 11.8. The number of esters is 1. The number of amides is 2. The lowest BCUT2D eigenvalue weighted by atomic mass is 10.2. The second-order valence-corrected chi connectivity index (χ2v) is 5.99. The summed E-state index contributed by atoms with van der Waals surface area (Å²) >= 11 is 6.87. The van der Waals surface area contributed by atoms with Gasteiger partial charge in [0.25, 0.3) is 5.91 Å². The molecule has 24 heavy (non-hydrogen) atoms. The SMILES string of the molecule is CC(=O)Nc1nc(C(=O)OCC(=O)NCc2ccc(Cl)cc2)cs1. The zero-order valence-corrected chi connectivity index (χ0v) is 14.2. The number of hydrogen-bond acceptors (Lipinski definition) is 6. The summed E-state index contributed by atoms with van der Waals surface area (Å²) in [5.41, 5.74) is 0.910. The van der Waals surface area contributed by atoms with Crippen molar-refractivity contribution in [2.24, 2.45) is 0 Å². The summed E-state index contributed by atoms with van der Waals surface area (Å²) in [5.74, 6) is -1.45. The molecule has 2 amide bonds. The van der Waals surface area contributed by atoms with Gasteiger partial charge in [0.2, 0.25) is 5.91 Å². The Kier molecular flexibility index (Phi) is 6.28. The van der Waals surface area contributed by atoms with E-state index in [0.717, 1.165) is 16.9 Å². The van der Waals surface area contributed by atoms with Crippen molar-refractivity contribution in [2.45, 2.75) is 13.5 Å². The number of carbonyl (C=O) groups excluding carboxylic acids is 3. The van der Waals surface area contributed by atoms with E-state index in [0.29, 0.717) is 16.7 Å². The van der Waals surface area contributed by atoms with E-state index < -0.39 is 18.5 Å². The fourth-order valence-corrected chi connectivity index (χ4v) is 2.49. The normalized spacial score (nSPS) is 10.1. The molecule has 0 bridgehead atoms. The van der Waals surface area contributed by atoms with Gasteiger partial charge >= 0.3 is 5.97 Å². The molecule has 0 atom stereocenters. The second-order valence-electron chi connectivity index (χ2n) is 4.70. The van der Waals surface area contributed by atoms with Crippen LogP contribution in [0.5, 0.6) is 0 Å². The first kappa shape index (κ1) is 17.9. The lowest BCUT2D eigenvalue weighted by Gasteiger charge is -2.06. The van der Waals surface area contributed by atoms with Crippen LogP contribution < -0.4 is 10.6 Å². The van der Waals surface area contributed by atoms with Crippen LogP contribution >= 0.6 is 22.9 Å². The standard InChI is InChI=1S/C15H14ClN3O4S/c1-9(20)18-15-19-12(8-24-15)14(22)23-7-13(21)17-6-10-2-4-11(16)5-3-10/h2-5,8H,6-7H2,1H3,(H,17,21)(H,18,19,20). The van der Waals surface area contributed by atoms with Gasteiger partial charge in [0, 0.05) is 23.9 Å². The smallest absolute Gasteiger partial charge is 0.358 e. The Morgan fingerprint density at radius 3 is 2.62 bits per heavy atom. The van der Waals surface area contributed by atoms with Crippen molar-refractivity contribution in [2.75, 3.05) is 11.9 Å². The molecule has 0 saturated carbocycles. The number of carbonyl (C=O) groups is 3. The number of aromatic nitrogens is 1. The molecule has 126 valence electrons. The highest BCUT2D eigenvalue weighted by Gasteiger charge is 2.14. The van der Waals surface area contributed by atoms with Crippen LogP contribution in [0, 0.1) is 0 Å². The van der Waals surface area contributed by atoms with Gasteiger partial charge in [0.1, 0.15) is 0 Å². The van der Waals surface area contributed by atoms with Crippen molar-refractivity contribution >= 4 is 45.9 Å². The molecule has 1 aromatic heterocycles.